The Labute approximate surface area is 88.2 Å². The van der Waals surface area contributed by atoms with Gasteiger partial charge in [-0.3, -0.25) is 4.79 Å². The average molecular weight is 209 g/mol. The van der Waals surface area contributed by atoms with Gasteiger partial charge in [0.1, 0.15) is 5.78 Å². The third-order valence-corrected chi connectivity index (χ3v) is 2.54. The molecule has 1 aromatic heterocycles. The molecule has 5 heteroatoms. The van der Waals surface area contributed by atoms with Crippen molar-refractivity contribution in [1.82, 2.24) is 15.5 Å². The van der Waals surface area contributed by atoms with Crippen LogP contribution in [0.25, 0.3) is 0 Å². The third kappa shape index (κ3) is 2.86. The molecule has 1 saturated heterocycles. The summed E-state index contributed by atoms with van der Waals surface area (Å²) in [4.78, 5) is 15.0. The minimum atomic E-state index is 0.0488. The molecule has 0 amide bonds. The maximum atomic E-state index is 10.8. The summed E-state index contributed by atoms with van der Waals surface area (Å²) in [5, 5.41) is 7.16. The van der Waals surface area contributed by atoms with Crippen LogP contribution in [0.5, 0.6) is 0 Å². The van der Waals surface area contributed by atoms with Crippen LogP contribution in [-0.2, 0) is 17.6 Å². The predicted molar refractivity (Wildman–Crippen MR) is 53.4 cm³/mol. The van der Waals surface area contributed by atoms with Crippen LogP contribution in [0.4, 0.5) is 0 Å². The Hall–Kier alpha value is -1.23. The largest absolute Gasteiger partial charge is 0.339 e. The normalized spacial score (nSPS) is 20.7. The summed E-state index contributed by atoms with van der Waals surface area (Å²) in [6.45, 7) is 3.62. The second-order valence-electron chi connectivity index (χ2n) is 4.05. The molecule has 1 aliphatic heterocycles. The van der Waals surface area contributed by atoms with Crippen molar-refractivity contribution in [2.45, 2.75) is 26.2 Å². The minimum Gasteiger partial charge on any atom is -0.339 e. The average Bonchev–Trinajstić information content (AvgIpc) is 2.77. The van der Waals surface area contributed by atoms with Crippen LogP contribution < -0.4 is 5.32 Å². The lowest BCUT2D eigenvalue weighted by molar-refractivity contribution is -0.116. The van der Waals surface area contributed by atoms with Crippen molar-refractivity contribution in [3.05, 3.63) is 11.7 Å². The molecule has 0 aromatic carbocycles. The Kier molecular flexibility index (Phi) is 3.11. The van der Waals surface area contributed by atoms with E-state index in [1.807, 2.05) is 0 Å². The van der Waals surface area contributed by atoms with Crippen molar-refractivity contribution in [3.8, 4) is 0 Å². The van der Waals surface area contributed by atoms with Crippen LogP contribution in [0.1, 0.15) is 25.1 Å². The SMILES string of the molecule is CC(=O)Cc1nc(CC2CCNC2)no1. The fourth-order valence-electron chi connectivity index (χ4n) is 1.80. The summed E-state index contributed by atoms with van der Waals surface area (Å²) in [5.74, 6) is 1.81. The number of nitrogens with one attached hydrogen (secondary N) is 1. The lowest BCUT2D eigenvalue weighted by atomic mass is 10.1. The second-order valence-corrected chi connectivity index (χ2v) is 4.05. The van der Waals surface area contributed by atoms with Gasteiger partial charge in [-0.25, -0.2) is 0 Å². The highest BCUT2D eigenvalue weighted by molar-refractivity contribution is 5.77. The molecule has 2 heterocycles. The van der Waals surface area contributed by atoms with Crippen molar-refractivity contribution in [2.75, 3.05) is 13.1 Å². The molecule has 5 nitrogen and oxygen atoms in total. The fraction of sp³-hybridized carbons (Fsp3) is 0.700. The van der Waals surface area contributed by atoms with Gasteiger partial charge < -0.3 is 9.84 Å². The van der Waals surface area contributed by atoms with E-state index in [0.717, 1.165) is 31.8 Å². The smallest absolute Gasteiger partial charge is 0.234 e. The van der Waals surface area contributed by atoms with Gasteiger partial charge in [0, 0.05) is 6.42 Å². The van der Waals surface area contributed by atoms with Crippen LogP contribution in [0, 0.1) is 5.92 Å². The second kappa shape index (κ2) is 4.53. The van der Waals surface area contributed by atoms with Crippen molar-refractivity contribution in [1.29, 1.82) is 0 Å². The standard InChI is InChI=1S/C10H15N3O2/c1-7(14)4-10-12-9(13-15-10)5-8-2-3-11-6-8/h8,11H,2-6H2,1H3. The number of rotatable bonds is 4. The van der Waals surface area contributed by atoms with Crippen LogP contribution in [0.2, 0.25) is 0 Å². The van der Waals surface area contributed by atoms with Crippen LogP contribution in [-0.4, -0.2) is 29.0 Å². The lowest BCUT2D eigenvalue weighted by Crippen LogP contribution is -2.11. The van der Waals surface area contributed by atoms with Crippen molar-refractivity contribution in [2.24, 2.45) is 5.92 Å². The number of hydrogen-bond acceptors (Lipinski definition) is 5. The van der Waals surface area contributed by atoms with E-state index < -0.39 is 0 Å². The van der Waals surface area contributed by atoms with Crippen molar-refractivity contribution < 1.29 is 9.32 Å². The molecule has 15 heavy (non-hydrogen) atoms. The van der Waals surface area contributed by atoms with E-state index in [-0.39, 0.29) is 12.2 Å². The summed E-state index contributed by atoms with van der Waals surface area (Å²) >= 11 is 0. The first-order valence-electron chi connectivity index (χ1n) is 5.25. The highest BCUT2D eigenvalue weighted by Crippen LogP contribution is 2.13. The molecule has 0 spiro atoms. The van der Waals surface area contributed by atoms with Gasteiger partial charge in [-0.05, 0) is 32.4 Å². The van der Waals surface area contributed by atoms with Gasteiger partial charge in [-0.1, -0.05) is 5.16 Å². The van der Waals surface area contributed by atoms with E-state index in [9.17, 15) is 4.79 Å². The lowest BCUT2D eigenvalue weighted by Gasteiger charge is -2.01. The Morgan fingerprint density at radius 3 is 3.20 bits per heavy atom. The van der Waals surface area contributed by atoms with E-state index >= 15 is 0 Å². The van der Waals surface area contributed by atoms with Gasteiger partial charge in [0.2, 0.25) is 5.89 Å². The van der Waals surface area contributed by atoms with E-state index in [0.29, 0.717) is 11.8 Å². The van der Waals surface area contributed by atoms with Gasteiger partial charge in [0.15, 0.2) is 5.82 Å². The number of carbonyl (C=O) groups excluding carboxylic acids is 1. The molecule has 1 fully saturated rings. The van der Waals surface area contributed by atoms with Gasteiger partial charge in [-0.2, -0.15) is 4.98 Å². The Bertz CT molecular complexity index is 342. The highest BCUT2D eigenvalue weighted by atomic mass is 16.5. The summed E-state index contributed by atoms with van der Waals surface area (Å²) < 4.78 is 4.98. The zero-order valence-corrected chi connectivity index (χ0v) is 8.82. The molecule has 0 saturated carbocycles. The van der Waals surface area contributed by atoms with E-state index in [1.165, 1.54) is 6.92 Å². The predicted octanol–water partition coefficient (Wildman–Crippen LogP) is 0.353. The van der Waals surface area contributed by atoms with Gasteiger partial charge >= 0.3 is 0 Å². The fourth-order valence-corrected chi connectivity index (χ4v) is 1.80. The van der Waals surface area contributed by atoms with Crippen LogP contribution in [0.3, 0.4) is 0 Å². The Morgan fingerprint density at radius 1 is 1.67 bits per heavy atom. The molecule has 2 rings (SSSR count). The summed E-state index contributed by atoms with van der Waals surface area (Å²) in [6.07, 6.45) is 2.25. The molecule has 1 N–H and O–H groups in total. The van der Waals surface area contributed by atoms with Crippen molar-refractivity contribution >= 4 is 5.78 Å². The zero-order chi connectivity index (χ0) is 10.7. The highest BCUT2D eigenvalue weighted by Gasteiger charge is 2.18. The summed E-state index contributed by atoms with van der Waals surface area (Å²) in [5.41, 5.74) is 0. The maximum Gasteiger partial charge on any atom is 0.234 e. The quantitative estimate of drug-likeness (QED) is 0.775. The number of nitrogens with zero attached hydrogens (tertiary/aromatic N) is 2. The molecule has 1 atom stereocenters. The topological polar surface area (TPSA) is 68.0 Å². The molecule has 1 aromatic rings. The Balaban J connectivity index is 1.91. The summed E-state index contributed by atoms with van der Waals surface area (Å²) in [6, 6.07) is 0. The first-order valence-corrected chi connectivity index (χ1v) is 5.25. The number of carbonyl (C=O) groups is 1. The molecule has 1 aliphatic rings. The van der Waals surface area contributed by atoms with Gasteiger partial charge in [0.05, 0.1) is 6.42 Å². The molecule has 0 radical (unpaired) electrons. The first kappa shape index (κ1) is 10.3. The van der Waals surface area contributed by atoms with E-state index in [1.54, 1.807) is 0 Å². The van der Waals surface area contributed by atoms with Crippen LogP contribution >= 0.6 is 0 Å². The number of ketones is 1. The minimum absolute atomic E-state index is 0.0488. The monoisotopic (exact) mass is 209 g/mol. The third-order valence-electron chi connectivity index (χ3n) is 2.54. The van der Waals surface area contributed by atoms with E-state index in [4.69, 9.17) is 4.52 Å². The summed E-state index contributed by atoms with van der Waals surface area (Å²) in [7, 11) is 0. The number of Topliss-reactive ketones (excluding diaryl/α,β-unsaturated/α-hetero) is 1. The maximum absolute atomic E-state index is 10.8. The van der Waals surface area contributed by atoms with Crippen molar-refractivity contribution in [3.63, 3.8) is 0 Å². The Morgan fingerprint density at radius 2 is 2.53 bits per heavy atom. The molecular weight excluding hydrogens is 194 g/mol. The first-order chi connectivity index (χ1) is 7.24. The number of aromatic nitrogens is 2. The molecule has 0 bridgehead atoms. The van der Waals surface area contributed by atoms with Crippen LogP contribution in [0.15, 0.2) is 4.52 Å². The number of hydrogen-bond donors (Lipinski definition) is 1. The molecule has 0 aliphatic carbocycles. The molecule has 1 unspecified atom stereocenters. The van der Waals surface area contributed by atoms with Gasteiger partial charge in [-0.15, -0.1) is 0 Å². The zero-order valence-electron chi connectivity index (χ0n) is 8.82. The van der Waals surface area contributed by atoms with Gasteiger partial charge in [0.25, 0.3) is 0 Å². The van der Waals surface area contributed by atoms with E-state index in [2.05, 4.69) is 15.5 Å². The molecular formula is C10H15N3O2. The molecule has 82 valence electrons.